The highest BCUT2D eigenvalue weighted by Gasteiger charge is 2.39. The van der Waals surface area contributed by atoms with E-state index in [1.165, 1.54) is 0 Å². The van der Waals surface area contributed by atoms with Crippen molar-refractivity contribution in [3.8, 4) is 0 Å². The van der Waals surface area contributed by atoms with Gasteiger partial charge in [-0.1, -0.05) is 12.8 Å². The Bertz CT molecular complexity index is 331. The Morgan fingerprint density at radius 3 is 2.39 bits per heavy atom. The third-order valence-corrected chi connectivity index (χ3v) is 4.19. The van der Waals surface area contributed by atoms with Gasteiger partial charge in [0.15, 0.2) is 0 Å². The van der Waals surface area contributed by atoms with Gasteiger partial charge in [0.2, 0.25) is 5.91 Å². The summed E-state index contributed by atoms with van der Waals surface area (Å²) in [7, 11) is 1.65. The number of rotatable bonds is 3. The van der Waals surface area contributed by atoms with E-state index in [0.29, 0.717) is 25.9 Å². The summed E-state index contributed by atoms with van der Waals surface area (Å²) in [5.74, 6) is -1.63. The average Bonchev–Trinajstić information content (AvgIpc) is 2.86. The van der Waals surface area contributed by atoms with Crippen molar-refractivity contribution in [2.75, 3.05) is 20.2 Å². The van der Waals surface area contributed by atoms with Crippen molar-refractivity contribution in [1.29, 1.82) is 0 Å². The molecule has 1 saturated heterocycles. The number of methoxy groups -OCH3 is 1. The molecule has 2 aliphatic rings. The van der Waals surface area contributed by atoms with E-state index in [9.17, 15) is 14.7 Å². The Morgan fingerprint density at radius 1 is 1.17 bits per heavy atom. The fourth-order valence-electron chi connectivity index (χ4n) is 3.08. The topological polar surface area (TPSA) is 66.8 Å². The van der Waals surface area contributed by atoms with Crippen molar-refractivity contribution in [1.82, 2.24) is 4.90 Å². The minimum Gasteiger partial charge on any atom is -0.481 e. The van der Waals surface area contributed by atoms with Crippen LogP contribution in [0.3, 0.4) is 0 Å². The summed E-state index contributed by atoms with van der Waals surface area (Å²) >= 11 is 0. The van der Waals surface area contributed by atoms with Gasteiger partial charge >= 0.3 is 5.97 Å². The summed E-state index contributed by atoms with van der Waals surface area (Å²) in [4.78, 5) is 25.4. The monoisotopic (exact) mass is 255 g/mol. The molecule has 2 rings (SSSR count). The zero-order chi connectivity index (χ0) is 13.1. The Kier molecular flexibility index (Phi) is 4.22. The molecule has 0 bridgehead atoms. The molecule has 1 aliphatic carbocycles. The highest BCUT2D eigenvalue weighted by atomic mass is 16.5. The van der Waals surface area contributed by atoms with E-state index in [-0.39, 0.29) is 17.9 Å². The Hall–Kier alpha value is -1.10. The summed E-state index contributed by atoms with van der Waals surface area (Å²) in [5.41, 5.74) is 0. The normalized spacial score (nSPS) is 32.5. The number of aliphatic carboxylic acids is 1. The summed E-state index contributed by atoms with van der Waals surface area (Å²) in [6, 6.07) is 0. The quantitative estimate of drug-likeness (QED) is 0.820. The molecule has 0 radical (unpaired) electrons. The predicted molar refractivity (Wildman–Crippen MR) is 65.1 cm³/mol. The molecule has 2 fully saturated rings. The van der Waals surface area contributed by atoms with E-state index in [4.69, 9.17) is 4.74 Å². The van der Waals surface area contributed by atoms with Gasteiger partial charge in [-0.15, -0.1) is 0 Å². The van der Waals surface area contributed by atoms with E-state index in [1.54, 1.807) is 12.0 Å². The van der Waals surface area contributed by atoms with Crippen molar-refractivity contribution >= 4 is 11.9 Å². The van der Waals surface area contributed by atoms with Gasteiger partial charge in [-0.3, -0.25) is 9.59 Å². The molecule has 3 unspecified atom stereocenters. The molecule has 1 saturated carbocycles. The molecule has 18 heavy (non-hydrogen) atoms. The number of ether oxygens (including phenoxy) is 1. The van der Waals surface area contributed by atoms with Crippen LogP contribution in [0.5, 0.6) is 0 Å². The van der Waals surface area contributed by atoms with Crippen LogP contribution >= 0.6 is 0 Å². The summed E-state index contributed by atoms with van der Waals surface area (Å²) in [5, 5.41) is 9.20. The van der Waals surface area contributed by atoms with Gasteiger partial charge in [-0.25, -0.2) is 0 Å². The zero-order valence-electron chi connectivity index (χ0n) is 10.8. The maximum atomic E-state index is 12.4. The molecule has 1 amide bonds. The predicted octanol–water partition coefficient (Wildman–Crippen LogP) is 1.12. The van der Waals surface area contributed by atoms with Gasteiger partial charge < -0.3 is 14.7 Å². The number of carboxylic acid groups (broad SMARTS) is 1. The minimum absolute atomic E-state index is 0.0154. The third-order valence-electron chi connectivity index (χ3n) is 4.19. The number of carbonyl (C=O) groups excluding carboxylic acids is 1. The first-order chi connectivity index (χ1) is 8.63. The summed E-state index contributed by atoms with van der Waals surface area (Å²) in [6.07, 6.45) is 4.19. The molecule has 1 N–H and O–H groups in total. The molecule has 5 heteroatoms. The van der Waals surface area contributed by atoms with Gasteiger partial charge in [0.25, 0.3) is 0 Å². The highest BCUT2D eigenvalue weighted by molar-refractivity contribution is 5.85. The molecule has 0 aromatic rings. The lowest BCUT2D eigenvalue weighted by atomic mass is 9.78. The first-order valence-electron chi connectivity index (χ1n) is 6.68. The fraction of sp³-hybridized carbons (Fsp3) is 0.846. The van der Waals surface area contributed by atoms with Crippen molar-refractivity contribution in [3.63, 3.8) is 0 Å². The molecule has 1 aliphatic heterocycles. The van der Waals surface area contributed by atoms with Crippen LogP contribution in [-0.2, 0) is 14.3 Å². The van der Waals surface area contributed by atoms with Gasteiger partial charge in [-0.05, 0) is 19.3 Å². The van der Waals surface area contributed by atoms with Crippen LogP contribution in [0.1, 0.15) is 32.1 Å². The Balaban J connectivity index is 2.00. The van der Waals surface area contributed by atoms with Gasteiger partial charge in [0, 0.05) is 20.2 Å². The third kappa shape index (κ3) is 2.66. The van der Waals surface area contributed by atoms with Crippen LogP contribution in [0.4, 0.5) is 0 Å². The maximum Gasteiger partial charge on any atom is 0.307 e. The second-order valence-corrected chi connectivity index (χ2v) is 5.27. The number of amides is 1. The average molecular weight is 255 g/mol. The summed E-state index contributed by atoms with van der Waals surface area (Å²) < 4.78 is 5.24. The lowest BCUT2D eigenvalue weighted by molar-refractivity contribution is -0.152. The number of hydrogen-bond donors (Lipinski definition) is 1. The van der Waals surface area contributed by atoms with Crippen LogP contribution in [0, 0.1) is 11.8 Å². The number of carbonyl (C=O) groups is 2. The van der Waals surface area contributed by atoms with Crippen LogP contribution in [0.15, 0.2) is 0 Å². The summed E-state index contributed by atoms with van der Waals surface area (Å²) in [6.45, 7) is 1.30. The lowest BCUT2D eigenvalue weighted by Gasteiger charge is -2.30. The molecule has 5 nitrogen and oxygen atoms in total. The number of hydrogen-bond acceptors (Lipinski definition) is 3. The van der Waals surface area contributed by atoms with Gasteiger partial charge in [0.05, 0.1) is 17.9 Å². The Labute approximate surface area is 107 Å². The van der Waals surface area contributed by atoms with Crippen molar-refractivity contribution in [3.05, 3.63) is 0 Å². The molecule has 3 atom stereocenters. The highest BCUT2D eigenvalue weighted by Crippen LogP contribution is 2.32. The molecular weight excluding hydrogens is 234 g/mol. The molecule has 1 heterocycles. The molecular formula is C13H21NO4. The smallest absolute Gasteiger partial charge is 0.307 e. The second-order valence-electron chi connectivity index (χ2n) is 5.27. The van der Waals surface area contributed by atoms with Crippen LogP contribution < -0.4 is 0 Å². The van der Waals surface area contributed by atoms with Crippen molar-refractivity contribution in [2.45, 2.75) is 38.2 Å². The van der Waals surface area contributed by atoms with Crippen LogP contribution in [0.25, 0.3) is 0 Å². The molecule has 0 spiro atoms. The van der Waals surface area contributed by atoms with E-state index >= 15 is 0 Å². The molecule has 0 aromatic heterocycles. The van der Waals surface area contributed by atoms with Crippen LogP contribution in [0.2, 0.25) is 0 Å². The number of carboxylic acids is 1. The molecule has 0 aromatic carbocycles. The van der Waals surface area contributed by atoms with E-state index in [1.807, 2.05) is 0 Å². The first kappa shape index (κ1) is 13.3. The standard InChI is InChI=1S/C13H21NO4/c1-18-9-6-7-14(8-9)12(15)10-4-2-3-5-11(10)13(16)17/h9-11H,2-8H2,1H3,(H,16,17). The fourth-order valence-corrected chi connectivity index (χ4v) is 3.08. The minimum atomic E-state index is -0.824. The van der Waals surface area contributed by atoms with Crippen molar-refractivity contribution in [2.24, 2.45) is 11.8 Å². The molecule has 102 valence electrons. The number of nitrogens with zero attached hydrogens (tertiary/aromatic N) is 1. The Morgan fingerprint density at radius 2 is 1.83 bits per heavy atom. The first-order valence-corrected chi connectivity index (χ1v) is 6.68. The lowest BCUT2D eigenvalue weighted by Crippen LogP contribution is -2.41. The number of likely N-dealkylation sites (tertiary alicyclic amines) is 1. The van der Waals surface area contributed by atoms with E-state index in [0.717, 1.165) is 19.3 Å². The SMILES string of the molecule is COC1CCN(C(=O)C2CCCCC2C(=O)O)C1. The van der Waals surface area contributed by atoms with E-state index < -0.39 is 11.9 Å². The maximum absolute atomic E-state index is 12.4. The largest absolute Gasteiger partial charge is 0.481 e. The van der Waals surface area contributed by atoms with Gasteiger partial charge in [0.1, 0.15) is 0 Å². The van der Waals surface area contributed by atoms with Gasteiger partial charge in [-0.2, -0.15) is 0 Å². The van der Waals surface area contributed by atoms with E-state index in [2.05, 4.69) is 0 Å². The zero-order valence-corrected chi connectivity index (χ0v) is 10.8. The van der Waals surface area contributed by atoms with Crippen LogP contribution in [-0.4, -0.2) is 48.2 Å². The second kappa shape index (κ2) is 5.69. The van der Waals surface area contributed by atoms with Crippen molar-refractivity contribution < 1.29 is 19.4 Å².